The molecule has 1 aliphatic rings. The van der Waals surface area contributed by atoms with Gasteiger partial charge in [0.25, 0.3) is 0 Å². The Labute approximate surface area is 251 Å². The third kappa shape index (κ3) is 5.59. The molecular formula is C32H40ClN5O4. The number of piperidine rings is 1. The van der Waals surface area contributed by atoms with Crippen molar-refractivity contribution in [2.45, 2.75) is 91.2 Å². The third-order valence-electron chi connectivity index (χ3n) is 8.05. The van der Waals surface area contributed by atoms with Gasteiger partial charge in [-0.2, -0.15) is 5.10 Å². The van der Waals surface area contributed by atoms with Gasteiger partial charge in [0.1, 0.15) is 11.9 Å². The molecule has 4 aromatic rings. The van der Waals surface area contributed by atoms with Gasteiger partial charge in [-0.1, -0.05) is 31.5 Å². The summed E-state index contributed by atoms with van der Waals surface area (Å²) in [6, 6.07) is 6.32. The highest BCUT2D eigenvalue weighted by Gasteiger charge is 2.31. The quantitative estimate of drug-likeness (QED) is 0.224. The van der Waals surface area contributed by atoms with E-state index in [2.05, 4.69) is 36.1 Å². The van der Waals surface area contributed by atoms with E-state index in [1.165, 1.54) is 11.9 Å². The zero-order valence-electron chi connectivity index (χ0n) is 25.7. The zero-order chi connectivity index (χ0) is 30.5. The van der Waals surface area contributed by atoms with E-state index in [0.29, 0.717) is 13.1 Å². The molecule has 0 bridgehead atoms. The van der Waals surface area contributed by atoms with Crippen molar-refractivity contribution in [1.82, 2.24) is 24.1 Å². The molecule has 0 radical (unpaired) electrons. The fraction of sp³-hybridized carbons (Fsp3) is 0.500. The van der Waals surface area contributed by atoms with Crippen LogP contribution in [0.1, 0.15) is 88.5 Å². The number of amides is 1. The molecule has 3 aromatic heterocycles. The number of aryl methyl sites for hydroxylation is 1. The number of hydrogen-bond acceptors (Lipinski definition) is 6. The van der Waals surface area contributed by atoms with Crippen LogP contribution in [-0.2, 0) is 9.47 Å². The van der Waals surface area contributed by atoms with Crippen LogP contribution in [0.3, 0.4) is 0 Å². The van der Waals surface area contributed by atoms with Gasteiger partial charge in [0.2, 0.25) is 0 Å². The Kier molecular flexibility index (Phi) is 8.00. The molecule has 10 heteroatoms. The molecular weight excluding hydrogens is 554 g/mol. The number of ether oxygens (including phenoxy) is 2. The Hall–Kier alpha value is -3.59. The summed E-state index contributed by atoms with van der Waals surface area (Å²) in [5, 5.41) is 5.40. The monoisotopic (exact) mass is 593 g/mol. The van der Waals surface area contributed by atoms with E-state index in [4.69, 9.17) is 21.1 Å². The second-order valence-corrected chi connectivity index (χ2v) is 13.1. The number of benzene rings is 1. The van der Waals surface area contributed by atoms with Crippen LogP contribution in [0.15, 0.2) is 30.7 Å². The van der Waals surface area contributed by atoms with Gasteiger partial charge in [0.05, 0.1) is 11.2 Å². The van der Waals surface area contributed by atoms with Crippen molar-refractivity contribution in [3.8, 4) is 11.3 Å². The third-order valence-corrected chi connectivity index (χ3v) is 8.14. The zero-order valence-corrected chi connectivity index (χ0v) is 26.5. The Bertz CT molecular complexity index is 1660. The van der Waals surface area contributed by atoms with Gasteiger partial charge in [-0.3, -0.25) is 0 Å². The average Bonchev–Trinajstić information content (AvgIpc) is 3.51. The molecule has 1 aromatic carbocycles. The molecule has 0 spiro atoms. The van der Waals surface area contributed by atoms with Crippen LogP contribution in [0, 0.1) is 13.8 Å². The first-order valence-corrected chi connectivity index (χ1v) is 15.0. The molecule has 0 saturated carbocycles. The van der Waals surface area contributed by atoms with Crippen LogP contribution in [0.25, 0.3) is 27.8 Å². The van der Waals surface area contributed by atoms with Crippen LogP contribution in [0.5, 0.6) is 0 Å². The van der Waals surface area contributed by atoms with Crippen LogP contribution in [0.4, 0.5) is 9.59 Å². The summed E-state index contributed by atoms with van der Waals surface area (Å²) >= 11 is 6.14. The molecule has 42 heavy (non-hydrogen) atoms. The lowest BCUT2D eigenvalue weighted by molar-refractivity contribution is 0.0205. The predicted molar refractivity (Wildman–Crippen MR) is 164 cm³/mol. The molecule has 1 atom stereocenters. The number of carbonyl (C=O) groups excluding carboxylic acids is 2. The summed E-state index contributed by atoms with van der Waals surface area (Å²) in [4.78, 5) is 32.5. The van der Waals surface area contributed by atoms with E-state index in [9.17, 15) is 9.59 Å². The molecule has 0 N–H and O–H groups in total. The Morgan fingerprint density at radius 1 is 1.05 bits per heavy atom. The highest BCUT2D eigenvalue weighted by molar-refractivity contribution is 6.20. The fourth-order valence-corrected chi connectivity index (χ4v) is 6.06. The Balaban J connectivity index is 1.62. The molecule has 5 rings (SSSR count). The lowest BCUT2D eigenvalue weighted by Gasteiger charge is -2.33. The van der Waals surface area contributed by atoms with Gasteiger partial charge >= 0.3 is 12.2 Å². The van der Waals surface area contributed by atoms with Gasteiger partial charge in [-0.15, -0.1) is 0 Å². The molecule has 9 nitrogen and oxygen atoms in total. The van der Waals surface area contributed by atoms with Crippen molar-refractivity contribution in [3.05, 3.63) is 53.0 Å². The number of fused-ring (bicyclic) bond motifs is 2. The normalized spacial score (nSPS) is 15.5. The van der Waals surface area contributed by atoms with Gasteiger partial charge in [0, 0.05) is 30.2 Å². The number of hydrogen-bond donors (Lipinski definition) is 0. The number of pyridine rings is 1. The van der Waals surface area contributed by atoms with E-state index >= 15 is 0 Å². The maximum atomic E-state index is 13.7. The van der Waals surface area contributed by atoms with Crippen LogP contribution < -0.4 is 0 Å². The van der Waals surface area contributed by atoms with E-state index in [1.54, 1.807) is 20.9 Å². The SMILES string of the molecule is Cc1c(-c2c(C(C)C)c3cc(C4CCN(C(=O)OC(C)(C)C)CC4)ccc3n2C(=O)OC(C)Cl)cn2ncnc2c1C. The molecule has 224 valence electrons. The van der Waals surface area contributed by atoms with E-state index in [-0.39, 0.29) is 17.9 Å². The van der Waals surface area contributed by atoms with Crippen molar-refractivity contribution < 1.29 is 19.1 Å². The summed E-state index contributed by atoms with van der Waals surface area (Å²) in [6.45, 7) is 16.9. The summed E-state index contributed by atoms with van der Waals surface area (Å²) in [6.07, 6.45) is 4.35. The highest BCUT2D eigenvalue weighted by atomic mass is 35.5. The molecule has 1 saturated heterocycles. The topological polar surface area (TPSA) is 91.0 Å². The summed E-state index contributed by atoms with van der Waals surface area (Å²) < 4.78 is 14.6. The number of rotatable bonds is 4. The molecule has 1 amide bonds. The van der Waals surface area contributed by atoms with Crippen molar-refractivity contribution in [2.24, 2.45) is 0 Å². The van der Waals surface area contributed by atoms with Crippen LogP contribution in [0.2, 0.25) is 0 Å². The minimum atomic E-state index is -0.791. The predicted octanol–water partition coefficient (Wildman–Crippen LogP) is 7.78. The standard InChI is InChI=1S/C32H40ClN5O4/c1-18(2)27-24-15-23(22-11-13-36(14-12-22)30(39)42-32(6,7)8)9-10-26(24)38(31(40)41-21(5)33)28(27)25-16-37-29(34-17-35-37)20(4)19(25)3/h9-10,15-18,21-22H,11-14H2,1-8H3. The number of alkyl halides is 1. The average molecular weight is 594 g/mol. The summed E-state index contributed by atoms with van der Waals surface area (Å²) in [5.74, 6) is 0.380. The lowest BCUT2D eigenvalue weighted by Crippen LogP contribution is -2.41. The summed E-state index contributed by atoms with van der Waals surface area (Å²) in [5.41, 5.74) is 6.15. The number of nitrogens with zero attached hydrogens (tertiary/aromatic N) is 5. The fourth-order valence-electron chi connectivity index (χ4n) is 5.98. The number of likely N-dealkylation sites (tertiary alicyclic amines) is 1. The van der Waals surface area contributed by atoms with E-state index < -0.39 is 17.3 Å². The smallest absolute Gasteiger partial charge is 0.420 e. The molecule has 1 fully saturated rings. The van der Waals surface area contributed by atoms with Crippen molar-refractivity contribution in [1.29, 1.82) is 0 Å². The number of halogens is 1. The van der Waals surface area contributed by atoms with Crippen LogP contribution in [-0.4, -0.2) is 60.5 Å². The maximum absolute atomic E-state index is 13.7. The Morgan fingerprint density at radius 2 is 1.74 bits per heavy atom. The van der Waals surface area contributed by atoms with Crippen molar-refractivity contribution >= 4 is 40.3 Å². The van der Waals surface area contributed by atoms with Gasteiger partial charge in [0.15, 0.2) is 11.2 Å². The summed E-state index contributed by atoms with van der Waals surface area (Å²) in [7, 11) is 0. The first-order chi connectivity index (χ1) is 19.8. The van der Waals surface area contributed by atoms with Gasteiger partial charge < -0.3 is 14.4 Å². The van der Waals surface area contributed by atoms with Crippen molar-refractivity contribution in [2.75, 3.05) is 13.1 Å². The van der Waals surface area contributed by atoms with E-state index in [0.717, 1.165) is 57.3 Å². The second kappa shape index (κ2) is 11.2. The molecule has 1 unspecified atom stereocenters. The Morgan fingerprint density at radius 3 is 2.36 bits per heavy atom. The lowest BCUT2D eigenvalue weighted by atomic mass is 9.87. The molecule has 4 heterocycles. The van der Waals surface area contributed by atoms with Gasteiger partial charge in [-0.25, -0.2) is 23.7 Å². The second-order valence-electron chi connectivity index (χ2n) is 12.5. The number of carbonyl (C=O) groups is 2. The van der Waals surface area contributed by atoms with E-state index in [1.807, 2.05) is 46.9 Å². The first kappa shape index (κ1) is 29.9. The minimum Gasteiger partial charge on any atom is -0.444 e. The number of aromatic nitrogens is 4. The van der Waals surface area contributed by atoms with Crippen molar-refractivity contribution in [3.63, 3.8) is 0 Å². The maximum Gasteiger partial charge on any atom is 0.420 e. The molecule has 0 aliphatic carbocycles. The van der Waals surface area contributed by atoms with Crippen LogP contribution >= 0.6 is 11.6 Å². The minimum absolute atomic E-state index is 0.0976. The van der Waals surface area contributed by atoms with Gasteiger partial charge in [-0.05, 0) is 101 Å². The molecule has 1 aliphatic heterocycles. The largest absolute Gasteiger partial charge is 0.444 e. The highest BCUT2D eigenvalue weighted by Crippen LogP contribution is 2.42. The first-order valence-electron chi connectivity index (χ1n) is 14.6.